The molecule has 0 radical (unpaired) electrons. The van der Waals surface area contributed by atoms with E-state index in [4.69, 9.17) is 5.11 Å². The Morgan fingerprint density at radius 1 is 1.07 bits per heavy atom. The Labute approximate surface area is 180 Å². The topological polar surface area (TPSA) is 52.6 Å². The first-order valence-corrected chi connectivity index (χ1v) is 10.1. The smallest absolute Gasteiger partial charge is 0.317 e. The Balaban J connectivity index is 0.00000218. The summed E-state index contributed by atoms with van der Waals surface area (Å²) in [6.45, 7) is 6.56. The summed E-state index contributed by atoms with van der Waals surface area (Å²) in [4.78, 5) is 12.6. The Bertz CT molecular complexity index is 902. The Hall–Kier alpha value is -3.29. The van der Waals surface area contributed by atoms with Crippen LogP contribution in [0.1, 0.15) is 37.5 Å². The number of likely N-dealkylation sites (N-methyl/N-ethyl adjacent to an activating group) is 1. The highest BCUT2D eigenvalue weighted by Gasteiger charge is 2.04. The summed E-state index contributed by atoms with van der Waals surface area (Å²) in [7, 11) is 3.66. The first-order valence-electron chi connectivity index (χ1n) is 10.1. The molecule has 0 saturated carbocycles. The van der Waals surface area contributed by atoms with Gasteiger partial charge < -0.3 is 10.4 Å². The monoisotopic (exact) mass is 404 g/mol. The molecule has 0 heterocycles. The lowest BCUT2D eigenvalue weighted by molar-refractivity contribution is -0.137. The van der Waals surface area contributed by atoms with Crippen LogP contribution in [0.5, 0.6) is 0 Å². The Morgan fingerprint density at radius 2 is 1.70 bits per heavy atom. The van der Waals surface area contributed by atoms with Crippen LogP contribution in [-0.4, -0.2) is 43.2 Å². The number of aliphatic carboxylic acids is 1. The number of carboxylic acid groups (broad SMARTS) is 1. The fourth-order valence-corrected chi connectivity index (χ4v) is 2.66. The minimum absolute atomic E-state index is 0.00700. The number of hydrogen-bond acceptors (Lipinski definition) is 3. The minimum atomic E-state index is -0.842. The lowest BCUT2D eigenvalue weighted by Crippen LogP contribution is -2.25. The van der Waals surface area contributed by atoms with E-state index in [2.05, 4.69) is 36.2 Å². The van der Waals surface area contributed by atoms with Gasteiger partial charge >= 0.3 is 5.97 Å². The van der Waals surface area contributed by atoms with Crippen molar-refractivity contribution >= 4 is 17.1 Å². The van der Waals surface area contributed by atoms with E-state index in [9.17, 15) is 4.79 Å². The largest absolute Gasteiger partial charge is 0.480 e. The van der Waals surface area contributed by atoms with Gasteiger partial charge in [-0.3, -0.25) is 9.69 Å². The third-order valence-electron chi connectivity index (χ3n) is 4.14. The molecule has 0 aliphatic carbocycles. The van der Waals surface area contributed by atoms with Crippen molar-refractivity contribution in [1.82, 2.24) is 10.2 Å². The van der Waals surface area contributed by atoms with Crippen molar-refractivity contribution in [2.24, 2.45) is 0 Å². The number of carboxylic acids is 1. The molecule has 0 spiro atoms. The molecule has 2 N–H and O–H groups in total. The zero-order valence-corrected chi connectivity index (χ0v) is 18.6. The van der Waals surface area contributed by atoms with Gasteiger partial charge in [-0.1, -0.05) is 74.2 Å². The van der Waals surface area contributed by atoms with E-state index >= 15 is 0 Å². The van der Waals surface area contributed by atoms with E-state index in [-0.39, 0.29) is 6.54 Å². The average Bonchev–Trinajstić information content (AvgIpc) is 2.76. The lowest BCUT2D eigenvalue weighted by Gasteiger charge is -2.11. The van der Waals surface area contributed by atoms with Crippen LogP contribution in [0.2, 0.25) is 0 Å². The first kappa shape index (κ1) is 24.7. The van der Waals surface area contributed by atoms with Crippen LogP contribution in [0, 0.1) is 11.8 Å². The van der Waals surface area contributed by atoms with Crippen LogP contribution in [0.3, 0.4) is 0 Å². The van der Waals surface area contributed by atoms with Gasteiger partial charge in [0, 0.05) is 24.7 Å². The molecule has 0 saturated heterocycles. The minimum Gasteiger partial charge on any atom is -0.480 e. The van der Waals surface area contributed by atoms with Gasteiger partial charge in [0.2, 0.25) is 0 Å². The van der Waals surface area contributed by atoms with Gasteiger partial charge in [0.05, 0.1) is 6.54 Å². The van der Waals surface area contributed by atoms with Crippen LogP contribution >= 0.6 is 0 Å². The van der Waals surface area contributed by atoms with E-state index in [0.717, 1.165) is 27.8 Å². The molecule has 4 heteroatoms. The number of benzene rings is 2. The van der Waals surface area contributed by atoms with Gasteiger partial charge in [-0.25, -0.2) is 0 Å². The van der Waals surface area contributed by atoms with Crippen LogP contribution in [0.4, 0.5) is 0 Å². The van der Waals surface area contributed by atoms with Gasteiger partial charge in [-0.05, 0) is 49.0 Å². The summed E-state index contributed by atoms with van der Waals surface area (Å²) < 4.78 is 0. The van der Waals surface area contributed by atoms with Crippen LogP contribution in [-0.2, 0) is 4.79 Å². The molecule has 0 bridgehead atoms. The molecule has 0 aliphatic rings. The number of nitrogens with one attached hydrogen (secondary N) is 1. The highest BCUT2D eigenvalue weighted by Crippen LogP contribution is 2.15. The maximum atomic E-state index is 10.9. The van der Waals surface area contributed by atoms with Gasteiger partial charge in [-0.15, -0.1) is 0 Å². The second-order valence-corrected chi connectivity index (χ2v) is 6.52. The molecule has 4 nitrogen and oxygen atoms in total. The summed E-state index contributed by atoms with van der Waals surface area (Å²) in [5, 5.41) is 12.0. The molecule has 0 aromatic heterocycles. The molecule has 2 aromatic carbocycles. The summed E-state index contributed by atoms with van der Waals surface area (Å²) in [5.41, 5.74) is 5.14. The molecule has 2 aromatic rings. The van der Waals surface area contributed by atoms with E-state index in [1.165, 1.54) is 0 Å². The molecule has 2 rings (SSSR count). The predicted octanol–water partition coefficient (Wildman–Crippen LogP) is 4.74. The molecule has 0 fully saturated rings. The predicted molar refractivity (Wildman–Crippen MR) is 127 cm³/mol. The lowest BCUT2D eigenvalue weighted by atomic mass is 10.0. The number of nitrogens with zero attached hydrogens (tertiary/aromatic N) is 1. The third kappa shape index (κ3) is 8.81. The summed E-state index contributed by atoms with van der Waals surface area (Å²) in [6.07, 6.45) is 3.93. The van der Waals surface area contributed by atoms with Crippen LogP contribution in [0.25, 0.3) is 11.1 Å². The van der Waals surface area contributed by atoms with Gasteiger partial charge in [0.1, 0.15) is 0 Å². The van der Waals surface area contributed by atoms with Gasteiger partial charge in [-0.2, -0.15) is 0 Å². The van der Waals surface area contributed by atoms with Gasteiger partial charge in [0.15, 0.2) is 0 Å². The Kier molecular flexibility index (Phi) is 11.4. The summed E-state index contributed by atoms with van der Waals surface area (Å²) >= 11 is 0. The van der Waals surface area contributed by atoms with Crippen molar-refractivity contribution in [2.75, 3.05) is 27.2 Å². The van der Waals surface area contributed by atoms with E-state index in [1.54, 1.807) is 11.9 Å². The maximum Gasteiger partial charge on any atom is 0.317 e. The number of hydrogen-bond donors (Lipinski definition) is 2. The van der Waals surface area contributed by atoms with Gasteiger partial charge in [0.25, 0.3) is 0 Å². The fraction of sp³-hybridized carbons (Fsp3) is 0.269. The van der Waals surface area contributed by atoms with E-state index < -0.39 is 5.97 Å². The zero-order chi connectivity index (χ0) is 22.4. The second kappa shape index (κ2) is 13.8. The van der Waals surface area contributed by atoms with E-state index in [0.29, 0.717) is 6.54 Å². The Morgan fingerprint density at radius 3 is 2.27 bits per heavy atom. The van der Waals surface area contributed by atoms with Crippen molar-refractivity contribution in [3.05, 3.63) is 83.6 Å². The molecule has 0 atom stereocenters. The summed E-state index contributed by atoms with van der Waals surface area (Å²) in [5.74, 6) is 5.62. The number of carbonyl (C=O) groups is 1. The molecule has 158 valence electrons. The fourth-order valence-electron chi connectivity index (χ4n) is 2.66. The zero-order valence-electron chi connectivity index (χ0n) is 18.6. The average molecular weight is 405 g/mol. The standard InChI is InChI=1S/C24H26N2O2.C2H6/c1-19(17-25-2)21-12-9-20(10-13-21)11-14-23(22-7-5-4-6-8-22)15-16-26(3)18-24(27)28;1-2/h4-10,12-13,15,17,25H,16,18H2,1-3H3,(H,27,28);1-2H3/b19-17+,23-15-;. The SMILES string of the molecule is CC.CN/C=C(\C)c1ccc(C#C/C(=C/CN(C)CC(=O)O)c2ccccc2)cc1. The van der Waals surface area contributed by atoms with Crippen LogP contribution in [0.15, 0.2) is 66.9 Å². The highest BCUT2D eigenvalue weighted by molar-refractivity contribution is 5.80. The van der Waals surface area contributed by atoms with E-state index in [1.807, 2.05) is 75.6 Å². The quantitative estimate of drug-likeness (QED) is 0.654. The molecular weight excluding hydrogens is 372 g/mol. The number of rotatable bonds is 7. The molecular formula is C26H32N2O2. The summed E-state index contributed by atoms with van der Waals surface area (Å²) in [6, 6.07) is 18.0. The molecule has 0 aliphatic heterocycles. The maximum absolute atomic E-state index is 10.9. The third-order valence-corrected chi connectivity index (χ3v) is 4.14. The molecule has 30 heavy (non-hydrogen) atoms. The second-order valence-electron chi connectivity index (χ2n) is 6.52. The van der Waals surface area contributed by atoms with Crippen molar-refractivity contribution in [1.29, 1.82) is 0 Å². The first-order chi connectivity index (χ1) is 14.5. The molecule has 0 unspecified atom stereocenters. The normalized spacial score (nSPS) is 11.1. The van der Waals surface area contributed by atoms with Crippen molar-refractivity contribution in [3.63, 3.8) is 0 Å². The van der Waals surface area contributed by atoms with Crippen molar-refractivity contribution in [2.45, 2.75) is 20.8 Å². The molecule has 0 amide bonds. The van der Waals surface area contributed by atoms with Crippen molar-refractivity contribution in [3.8, 4) is 11.8 Å². The van der Waals surface area contributed by atoms with Crippen molar-refractivity contribution < 1.29 is 9.90 Å². The van der Waals surface area contributed by atoms with Crippen LogP contribution < -0.4 is 5.32 Å². The highest BCUT2D eigenvalue weighted by atomic mass is 16.4. The number of allylic oxidation sites excluding steroid dienone is 2.